The van der Waals surface area contributed by atoms with Crippen LogP contribution < -0.4 is 14.4 Å². The Morgan fingerprint density at radius 3 is 2.20 bits per heavy atom. The van der Waals surface area contributed by atoms with Crippen LogP contribution in [0.5, 0.6) is 5.75 Å². The lowest BCUT2D eigenvalue weighted by Crippen LogP contribution is -2.24. The minimum Gasteiger partial charge on any atom is -0.484 e. The molecule has 0 atom stereocenters. The van der Waals surface area contributed by atoms with E-state index >= 15 is 0 Å². The number of nitrogens with one attached hydrogen (secondary N) is 1. The first-order chi connectivity index (χ1) is 11.6. The summed E-state index contributed by atoms with van der Waals surface area (Å²) in [6.07, 6.45) is 1.11. The molecule has 0 aromatic heterocycles. The molecule has 0 aliphatic heterocycles. The zero-order valence-electron chi connectivity index (χ0n) is 13.5. The largest absolute Gasteiger partial charge is 0.484 e. The zero-order chi connectivity index (χ0) is 18.6. The van der Waals surface area contributed by atoms with Crippen molar-refractivity contribution < 1.29 is 17.9 Å². The summed E-state index contributed by atoms with van der Waals surface area (Å²) in [6, 6.07) is 11.0. The van der Waals surface area contributed by atoms with Crippen molar-refractivity contribution in [2.24, 2.45) is 0 Å². The molecular weight excluding hydrogens is 387 g/mol. The number of carbonyl (C=O) groups is 1. The van der Waals surface area contributed by atoms with Gasteiger partial charge in [-0.2, -0.15) is 0 Å². The number of benzene rings is 2. The molecule has 134 valence electrons. The first-order valence-corrected chi connectivity index (χ1v) is 9.68. The number of amides is 1. The summed E-state index contributed by atoms with van der Waals surface area (Å²) >= 11 is 11.7. The number of anilines is 2. The Labute approximate surface area is 156 Å². The molecule has 25 heavy (non-hydrogen) atoms. The third kappa shape index (κ3) is 5.81. The standard InChI is InChI=1S/C16H16Cl2N2O4S/c1-20(25(2,22)23)14-3-5-15(6-4-14)24-10-16(21)19-13-8-11(17)7-12(18)9-13/h3-9H,10H2,1-2H3,(H,19,21). The van der Waals surface area contributed by atoms with E-state index in [1.165, 1.54) is 7.05 Å². The molecule has 0 spiro atoms. The van der Waals surface area contributed by atoms with Gasteiger partial charge in [-0.1, -0.05) is 23.2 Å². The molecule has 0 heterocycles. The second-order valence-electron chi connectivity index (χ2n) is 5.22. The van der Waals surface area contributed by atoms with Crippen LogP contribution in [0.25, 0.3) is 0 Å². The number of sulfonamides is 1. The van der Waals surface area contributed by atoms with E-state index in [9.17, 15) is 13.2 Å². The molecule has 2 aromatic carbocycles. The fourth-order valence-electron chi connectivity index (χ4n) is 1.92. The van der Waals surface area contributed by atoms with Gasteiger partial charge >= 0.3 is 0 Å². The van der Waals surface area contributed by atoms with Crippen molar-refractivity contribution >= 4 is 50.5 Å². The highest BCUT2D eigenvalue weighted by molar-refractivity contribution is 7.92. The lowest BCUT2D eigenvalue weighted by atomic mass is 10.3. The quantitative estimate of drug-likeness (QED) is 0.802. The third-order valence-corrected chi connectivity index (χ3v) is 4.86. The van der Waals surface area contributed by atoms with Crippen molar-refractivity contribution in [3.8, 4) is 5.75 Å². The van der Waals surface area contributed by atoms with Crippen molar-refractivity contribution in [3.05, 3.63) is 52.5 Å². The zero-order valence-corrected chi connectivity index (χ0v) is 15.8. The highest BCUT2D eigenvalue weighted by Crippen LogP contribution is 2.23. The Bertz CT molecular complexity index is 850. The van der Waals surface area contributed by atoms with E-state index in [1.807, 2.05) is 0 Å². The minimum absolute atomic E-state index is 0.217. The summed E-state index contributed by atoms with van der Waals surface area (Å²) in [5.41, 5.74) is 0.962. The van der Waals surface area contributed by atoms with Gasteiger partial charge in [-0.05, 0) is 42.5 Å². The van der Waals surface area contributed by atoms with Gasteiger partial charge in [-0.3, -0.25) is 9.10 Å². The number of nitrogens with zero attached hydrogens (tertiary/aromatic N) is 1. The summed E-state index contributed by atoms with van der Waals surface area (Å²) in [5, 5.41) is 3.45. The fourth-order valence-corrected chi connectivity index (χ4v) is 2.95. The smallest absolute Gasteiger partial charge is 0.262 e. The first-order valence-electron chi connectivity index (χ1n) is 7.08. The Morgan fingerprint density at radius 2 is 1.68 bits per heavy atom. The molecule has 0 saturated heterocycles. The summed E-state index contributed by atoms with van der Waals surface area (Å²) in [5.74, 6) is 0.0561. The topological polar surface area (TPSA) is 75.7 Å². The molecule has 0 fully saturated rings. The summed E-state index contributed by atoms with van der Waals surface area (Å²) in [6.45, 7) is -0.217. The normalized spacial score (nSPS) is 11.0. The molecule has 2 rings (SSSR count). The van der Waals surface area contributed by atoms with Crippen LogP contribution in [-0.4, -0.2) is 34.2 Å². The number of hydrogen-bond donors (Lipinski definition) is 1. The lowest BCUT2D eigenvalue weighted by molar-refractivity contribution is -0.118. The van der Waals surface area contributed by atoms with Gasteiger partial charge in [0.1, 0.15) is 5.75 Å². The van der Waals surface area contributed by atoms with Gasteiger partial charge in [-0.15, -0.1) is 0 Å². The van der Waals surface area contributed by atoms with Crippen molar-refractivity contribution in [1.29, 1.82) is 0 Å². The molecule has 6 nitrogen and oxygen atoms in total. The van der Waals surface area contributed by atoms with Crippen molar-refractivity contribution in [1.82, 2.24) is 0 Å². The van der Waals surface area contributed by atoms with E-state index in [1.54, 1.807) is 42.5 Å². The van der Waals surface area contributed by atoms with E-state index in [4.69, 9.17) is 27.9 Å². The van der Waals surface area contributed by atoms with Crippen LogP contribution in [0, 0.1) is 0 Å². The number of hydrogen-bond acceptors (Lipinski definition) is 4. The van der Waals surface area contributed by atoms with E-state index in [-0.39, 0.29) is 12.5 Å². The van der Waals surface area contributed by atoms with Gasteiger partial charge in [0.05, 0.1) is 11.9 Å². The second kappa shape index (κ2) is 7.95. The van der Waals surface area contributed by atoms with Crippen LogP contribution >= 0.6 is 23.2 Å². The van der Waals surface area contributed by atoms with E-state index in [0.29, 0.717) is 27.2 Å². The minimum atomic E-state index is -3.33. The third-order valence-electron chi connectivity index (χ3n) is 3.21. The average Bonchev–Trinajstić information content (AvgIpc) is 2.51. The van der Waals surface area contributed by atoms with E-state index in [0.717, 1.165) is 10.6 Å². The Morgan fingerprint density at radius 1 is 1.12 bits per heavy atom. The molecule has 9 heteroatoms. The molecule has 0 aliphatic carbocycles. The molecule has 0 radical (unpaired) electrons. The maximum atomic E-state index is 11.9. The van der Waals surface area contributed by atoms with Crippen LogP contribution in [0.4, 0.5) is 11.4 Å². The molecule has 2 aromatic rings. The molecule has 0 saturated carbocycles. The Hall–Kier alpha value is -1.96. The predicted molar refractivity (Wildman–Crippen MR) is 100 cm³/mol. The van der Waals surface area contributed by atoms with Gasteiger partial charge < -0.3 is 10.1 Å². The van der Waals surface area contributed by atoms with Gasteiger partial charge in [0.15, 0.2) is 6.61 Å². The second-order valence-corrected chi connectivity index (χ2v) is 8.11. The fraction of sp³-hybridized carbons (Fsp3) is 0.188. The molecular formula is C16H16Cl2N2O4S. The highest BCUT2D eigenvalue weighted by Gasteiger charge is 2.12. The Kier molecular flexibility index (Phi) is 6.16. The SMILES string of the molecule is CN(c1ccc(OCC(=O)Nc2cc(Cl)cc(Cl)c2)cc1)S(C)(=O)=O. The van der Waals surface area contributed by atoms with Crippen molar-refractivity contribution in [3.63, 3.8) is 0 Å². The first kappa shape index (κ1) is 19.4. The molecule has 0 unspecified atom stereocenters. The Balaban J connectivity index is 1.93. The van der Waals surface area contributed by atoms with Gasteiger partial charge in [-0.25, -0.2) is 8.42 Å². The number of carbonyl (C=O) groups excluding carboxylic acids is 1. The molecule has 0 bridgehead atoms. The highest BCUT2D eigenvalue weighted by atomic mass is 35.5. The monoisotopic (exact) mass is 402 g/mol. The van der Waals surface area contributed by atoms with Crippen LogP contribution in [0.2, 0.25) is 10.0 Å². The van der Waals surface area contributed by atoms with Crippen LogP contribution in [0.1, 0.15) is 0 Å². The van der Waals surface area contributed by atoms with Gasteiger partial charge in [0, 0.05) is 22.8 Å². The lowest BCUT2D eigenvalue weighted by Gasteiger charge is -2.16. The van der Waals surface area contributed by atoms with E-state index < -0.39 is 10.0 Å². The van der Waals surface area contributed by atoms with Crippen molar-refractivity contribution in [2.45, 2.75) is 0 Å². The molecule has 1 amide bonds. The van der Waals surface area contributed by atoms with Gasteiger partial charge in [0.2, 0.25) is 10.0 Å². The number of halogens is 2. The summed E-state index contributed by atoms with van der Waals surface area (Å²) < 4.78 is 29.5. The summed E-state index contributed by atoms with van der Waals surface area (Å²) in [4.78, 5) is 11.9. The summed E-state index contributed by atoms with van der Waals surface area (Å²) in [7, 11) is -1.88. The molecule has 0 aliphatic rings. The van der Waals surface area contributed by atoms with Crippen molar-refractivity contribution in [2.75, 3.05) is 29.5 Å². The van der Waals surface area contributed by atoms with Crippen LogP contribution in [0.3, 0.4) is 0 Å². The maximum absolute atomic E-state index is 11.9. The molecule has 1 N–H and O–H groups in total. The van der Waals surface area contributed by atoms with Gasteiger partial charge in [0.25, 0.3) is 5.91 Å². The van der Waals surface area contributed by atoms with Crippen LogP contribution in [-0.2, 0) is 14.8 Å². The van der Waals surface area contributed by atoms with E-state index in [2.05, 4.69) is 5.32 Å². The number of rotatable bonds is 6. The average molecular weight is 403 g/mol. The predicted octanol–water partition coefficient (Wildman–Crippen LogP) is 3.41. The number of ether oxygens (including phenoxy) is 1. The van der Waals surface area contributed by atoms with Crippen LogP contribution in [0.15, 0.2) is 42.5 Å². The maximum Gasteiger partial charge on any atom is 0.262 e.